The van der Waals surface area contributed by atoms with E-state index in [1.807, 2.05) is 13.0 Å². The number of aryl methyl sites for hydroxylation is 1. The minimum absolute atomic E-state index is 0.286. The van der Waals surface area contributed by atoms with Crippen molar-refractivity contribution < 1.29 is 9.18 Å². The topological polar surface area (TPSA) is 90.5 Å². The zero-order valence-electron chi connectivity index (χ0n) is 16.7. The number of carbonyl (C=O) groups excluding carboxylic acids is 1. The predicted octanol–water partition coefficient (Wildman–Crippen LogP) is 4.46. The van der Waals surface area contributed by atoms with Gasteiger partial charge in [0.25, 0.3) is 5.91 Å². The molecule has 0 fully saturated rings. The molecule has 3 heterocycles. The molecule has 0 saturated heterocycles. The summed E-state index contributed by atoms with van der Waals surface area (Å²) in [6.45, 7) is 1.82. The molecule has 0 atom stereocenters. The van der Waals surface area contributed by atoms with Gasteiger partial charge in [-0.15, -0.1) is 0 Å². The fraction of sp³-hybridized carbons (Fsp3) is 0.0455. The van der Waals surface area contributed by atoms with Crippen LogP contribution in [0.25, 0.3) is 22.5 Å². The first kappa shape index (κ1) is 20.0. The molecule has 10 heteroatoms. The summed E-state index contributed by atoms with van der Waals surface area (Å²) in [5, 5.41) is 12.4. The Hall–Kier alpha value is -3.92. The third kappa shape index (κ3) is 3.54. The lowest BCUT2D eigenvalue weighted by Gasteiger charge is -2.10. The van der Waals surface area contributed by atoms with Crippen LogP contribution >= 0.6 is 15.9 Å². The van der Waals surface area contributed by atoms with Gasteiger partial charge in [-0.25, -0.2) is 19.0 Å². The van der Waals surface area contributed by atoms with Crippen molar-refractivity contribution in [3.05, 3.63) is 88.7 Å². The summed E-state index contributed by atoms with van der Waals surface area (Å²) >= 11 is 3.40. The van der Waals surface area contributed by atoms with Crippen LogP contribution in [0.4, 0.5) is 10.2 Å². The number of benzene rings is 2. The summed E-state index contributed by atoms with van der Waals surface area (Å²) in [6.07, 6.45) is 3.01. The van der Waals surface area contributed by atoms with E-state index in [2.05, 4.69) is 41.4 Å². The highest BCUT2D eigenvalue weighted by molar-refractivity contribution is 9.10. The van der Waals surface area contributed by atoms with Crippen LogP contribution in [0.2, 0.25) is 0 Å². The number of hydrogen-bond acceptors (Lipinski definition) is 5. The Morgan fingerprint density at radius 3 is 2.62 bits per heavy atom. The van der Waals surface area contributed by atoms with E-state index in [-0.39, 0.29) is 11.7 Å². The fourth-order valence-corrected chi connectivity index (χ4v) is 3.82. The molecule has 8 nitrogen and oxygen atoms in total. The Labute approximate surface area is 189 Å². The molecular formula is C22H15BrFN7O. The first-order valence-electron chi connectivity index (χ1n) is 9.59. The predicted molar refractivity (Wildman–Crippen MR) is 121 cm³/mol. The Morgan fingerprint density at radius 1 is 1.06 bits per heavy atom. The van der Waals surface area contributed by atoms with E-state index in [4.69, 9.17) is 0 Å². The molecule has 5 rings (SSSR count). The summed E-state index contributed by atoms with van der Waals surface area (Å²) < 4.78 is 17.1. The number of nitrogens with zero attached hydrogens (tertiary/aromatic N) is 6. The smallest absolute Gasteiger partial charge is 0.257 e. The van der Waals surface area contributed by atoms with Crippen molar-refractivity contribution in [2.24, 2.45) is 0 Å². The van der Waals surface area contributed by atoms with Crippen LogP contribution in [-0.4, -0.2) is 35.4 Å². The lowest BCUT2D eigenvalue weighted by Crippen LogP contribution is -2.16. The quantitative estimate of drug-likeness (QED) is 0.400. The third-order valence-electron chi connectivity index (χ3n) is 4.81. The Balaban J connectivity index is 1.57. The molecule has 0 spiro atoms. The van der Waals surface area contributed by atoms with Crippen LogP contribution in [-0.2, 0) is 0 Å². The zero-order valence-corrected chi connectivity index (χ0v) is 18.3. The van der Waals surface area contributed by atoms with Gasteiger partial charge < -0.3 is 5.32 Å². The zero-order chi connectivity index (χ0) is 22.2. The molecule has 0 unspecified atom stereocenters. The minimum atomic E-state index is -0.335. The van der Waals surface area contributed by atoms with Crippen molar-refractivity contribution in [2.45, 2.75) is 6.92 Å². The maximum absolute atomic E-state index is 13.3. The number of anilines is 1. The summed E-state index contributed by atoms with van der Waals surface area (Å²) in [5.41, 5.74) is 2.38. The van der Waals surface area contributed by atoms with Crippen molar-refractivity contribution in [3.63, 3.8) is 0 Å². The van der Waals surface area contributed by atoms with Crippen LogP contribution in [0.15, 0.2) is 71.6 Å². The summed E-state index contributed by atoms with van der Waals surface area (Å²) in [4.78, 5) is 21.6. The van der Waals surface area contributed by atoms with Crippen LogP contribution < -0.4 is 5.32 Å². The number of halogens is 2. The molecule has 0 saturated carbocycles. The lowest BCUT2D eigenvalue weighted by atomic mass is 10.2. The molecule has 32 heavy (non-hydrogen) atoms. The van der Waals surface area contributed by atoms with Crippen LogP contribution in [0.1, 0.15) is 16.1 Å². The fourth-order valence-electron chi connectivity index (χ4n) is 3.35. The van der Waals surface area contributed by atoms with Gasteiger partial charge in [-0.2, -0.15) is 14.9 Å². The lowest BCUT2D eigenvalue weighted by molar-refractivity contribution is 0.102. The number of amides is 1. The van der Waals surface area contributed by atoms with Crippen molar-refractivity contribution in [1.82, 2.24) is 29.5 Å². The second-order valence-corrected chi connectivity index (χ2v) is 7.84. The van der Waals surface area contributed by atoms with E-state index in [0.717, 1.165) is 0 Å². The highest BCUT2D eigenvalue weighted by Gasteiger charge is 2.19. The maximum Gasteiger partial charge on any atom is 0.257 e. The minimum Gasteiger partial charge on any atom is -0.306 e. The van der Waals surface area contributed by atoms with Gasteiger partial charge in [0.1, 0.15) is 18.0 Å². The normalized spacial score (nSPS) is 11.1. The second kappa shape index (κ2) is 7.97. The van der Waals surface area contributed by atoms with Gasteiger partial charge in [0.05, 0.1) is 28.5 Å². The first-order chi connectivity index (χ1) is 15.5. The number of rotatable bonds is 4. The van der Waals surface area contributed by atoms with Crippen LogP contribution in [0, 0.1) is 12.7 Å². The van der Waals surface area contributed by atoms with Crippen molar-refractivity contribution in [1.29, 1.82) is 0 Å². The molecule has 0 aliphatic carbocycles. The van der Waals surface area contributed by atoms with Gasteiger partial charge in [-0.3, -0.25) is 4.79 Å². The van der Waals surface area contributed by atoms with E-state index in [1.54, 1.807) is 52.0 Å². The maximum atomic E-state index is 13.3. The van der Waals surface area contributed by atoms with E-state index in [9.17, 15) is 9.18 Å². The van der Waals surface area contributed by atoms with Crippen molar-refractivity contribution in [2.75, 3.05) is 5.32 Å². The van der Waals surface area contributed by atoms with Gasteiger partial charge in [0.15, 0.2) is 11.5 Å². The van der Waals surface area contributed by atoms with Crippen molar-refractivity contribution >= 4 is 38.7 Å². The number of hydrogen-bond donors (Lipinski definition) is 1. The van der Waals surface area contributed by atoms with Gasteiger partial charge in [0, 0.05) is 10.5 Å². The second-order valence-electron chi connectivity index (χ2n) is 6.98. The number of carbonyl (C=O) groups is 1. The van der Waals surface area contributed by atoms with E-state index in [0.29, 0.717) is 44.1 Å². The average molecular weight is 492 g/mol. The Bertz CT molecular complexity index is 1460. The molecule has 2 aromatic carbocycles. The molecule has 158 valence electrons. The molecule has 3 aromatic heterocycles. The van der Waals surface area contributed by atoms with E-state index < -0.39 is 0 Å². The molecule has 0 aliphatic rings. The molecule has 0 radical (unpaired) electrons. The van der Waals surface area contributed by atoms with Crippen LogP contribution in [0.3, 0.4) is 0 Å². The molecular weight excluding hydrogens is 477 g/mol. The van der Waals surface area contributed by atoms with Crippen molar-refractivity contribution in [3.8, 4) is 11.5 Å². The highest BCUT2D eigenvalue weighted by Crippen LogP contribution is 2.25. The number of fused-ring (bicyclic) bond motifs is 1. The molecule has 5 aromatic rings. The van der Waals surface area contributed by atoms with E-state index >= 15 is 0 Å². The Kier molecular flexibility index (Phi) is 4.98. The van der Waals surface area contributed by atoms with E-state index in [1.165, 1.54) is 18.5 Å². The van der Waals surface area contributed by atoms with Gasteiger partial charge in [0.2, 0.25) is 0 Å². The Morgan fingerprint density at radius 2 is 1.84 bits per heavy atom. The summed E-state index contributed by atoms with van der Waals surface area (Å²) in [6, 6.07) is 14.9. The third-order valence-corrected chi connectivity index (χ3v) is 5.50. The number of aromatic nitrogens is 6. The molecule has 1 N–H and O–H groups in total. The van der Waals surface area contributed by atoms with Gasteiger partial charge in [-0.05, 0) is 59.3 Å². The molecule has 0 aliphatic heterocycles. The highest BCUT2D eigenvalue weighted by atomic mass is 79.9. The van der Waals surface area contributed by atoms with Gasteiger partial charge >= 0.3 is 0 Å². The summed E-state index contributed by atoms with van der Waals surface area (Å²) in [7, 11) is 0. The average Bonchev–Trinajstić information content (AvgIpc) is 3.38. The monoisotopic (exact) mass is 491 g/mol. The first-order valence-corrected chi connectivity index (χ1v) is 10.4. The van der Waals surface area contributed by atoms with Crippen LogP contribution in [0.5, 0.6) is 0 Å². The SMILES string of the molecule is Cc1cc(NC(=O)c2ccccc2Br)n(-c2ncnc3c2cnn3-c2ccc(F)cc2)n1. The van der Waals surface area contributed by atoms with Gasteiger partial charge in [-0.1, -0.05) is 12.1 Å². The number of nitrogens with one attached hydrogen (secondary N) is 1. The molecule has 1 amide bonds. The molecule has 0 bridgehead atoms. The largest absolute Gasteiger partial charge is 0.306 e. The standard InChI is InChI=1S/C22H15BrFN7O/c1-13-10-19(28-22(32)16-4-2-3-5-18(16)23)31(29-13)21-17-11-27-30(20(17)25-12-26-21)15-8-6-14(24)7-9-15/h2-12H,1H3,(H,28,32). The summed E-state index contributed by atoms with van der Waals surface area (Å²) in [5.74, 6) is 0.292.